The van der Waals surface area contributed by atoms with Crippen molar-refractivity contribution in [3.8, 4) is 5.88 Å². The standard InChI is InChI=1S/C17H15F3N6O5S/c1-6-4-9(17(18,19)20)22-16-10(6)11(12(32-16)13(21)27)23-14(28)7(2)25-5-8(26(29)30)15(24-25)31-3/h4-5,7H,1-3H3,(H2,21,27)(H,23,28). The van der Waals surface area contributed by atoms with Crippen LogP contribution in [0.15, 0.2) is 12.3 Å². The van der Waals surface area contributed by atoms with Crippen molar-refractivity contribution < 1.29 is 32.4 Å². The van der Waals surface area contributed by atoms with Gasteiger partial charge in [0.2, 0.25) is 5.91 Å². The molecular weight excluding hydrogens is 457 g/mol. The summed E-state index contributed by atoms with van der Waals surface area (Å²) in [6, 6.07) is -0.323. The van der Waals surface area contributed by atoms with Crippen molar-refractivity contribution in [3.05, 3.63) is 38.5 Å². The number of anilines is 1. The van der Waals surface area contributed by atoms with Crippen LogP contribution in [-0.4, -0.2) is 38.6 Å². The molecule has 0 aliphatic carbocycles. The molecular formula is C17H15F3N6O5S. The number of thiophene rings is 1. The molecule has 3 heterocycles. The first kappa shape index (κ1) is 22.9. The second-order valence-electron chi connectivity index (χ2n) is 6.60. The number of hydrogen-bond donors (Lipinski definition) is 2. The summed E-state index contributed by atoms with van der Waals surface area (Å²) >= 11 is 0.608. The molecule has 0 saturated carbocycles. The number of aryl methyl sites for hydroxylation is 1. The molecule has 0 bridgehead atoms. The number of rotatable bonds is 6. The van der Waals surface area contributed by atoms with Crippen molar-refractivity contribution in [2.75, 3.05) is 12.4 Å². The van der Waals surface area contributed by atoms with Crippen molar-refractivity contribution in [1.29, 1.82) is 0 Å². The highest BCUT2D eigenvalue weighted by molar-refractivity contribution is 7.21. The van der Waals surface area contributed by atoms with Crippen molar-refractivity contribution in [1.82, 2.24) is 14.8 Å². The number of pyridine rings is 1. The molecule has 11 nitrogen and oxygen atoms in total. The Hall–Kier alpha value is -3.75. The van der Waals surface area contributed by atoms with E-state index in [1.54, 1.807) is 0 Å². The fraction of sp³-hybridized carbons (Fsp3) is 0.294. The van der Waals surface area contributed by atoms with E-state index < -0.39 is 40.3 Å². The van der Waals surface area contributed by atoms with Gasteiger partial charge in [0.15, 0.2) is 0 Å². The minimum atomic E-state index is -4.71. The lowest BCUT2D eigenvalue weighted by atomic mass is 10.1. The lowest BCUT2D eigenvalue weighted by molar-refractivity contribution is -0.385. The van der Waals surface area contributed by atoms with Gasteiger partial charge in [0, 0.05) is 5.39 Å². The Labute approximate surface area is 181 Å². The number of nitrogens with zero attached hydrogens (tertiary/aromatic N) is 4. The number of primary amides is 1. The lowest BCUT2D eigenvalue weighted by Gasteiger charge is -2.13. The van der Waals surface area contributed by atoms with Crippen LogP contribution in [0.4, 0.5) is 24.5 Å². The zero-order chi connectivity index (χ0) is 24.0. The van der Waals surface area contributed by atoms with E-state index in [2.05, 4.69) is 15.4 Å². The maximum Gasteiger partial charge on any atom is 0.433 e. The van der Waals surface area contributed by atoms with E-state index in [1.807, 2.05) is 0 Å². The summed E-state index contributed by atoms with van der Waals surface area (Å²) < 4.78 is 45.1. The monoisotopic (exact) mass is 472 g/mol. The summed E-state index contributed by atoms with van der Waals surface area (Å²) in [5.41, 5.74) is 3.75. The molecule has 3 rings (SSSR count). The summed E-state index contributed by atoms with van der Waals surface area (Å²) in [6.07, 6.45) is -3.71. The fourth-order valence-corrected chi connectivity index (χ4v) is 3.96. The number of fused-ring (bicyclic) bond motifs is 1. The Morgan fingerprint density at radius 2 is 2.06 bits per heavy atom. The van der Waals surface area contributed by atoms with Crippen LogP contribution < -0.4 is 15.8 Å². The second-order valence-corrected chi connectivity index (χ2v) is 7.60. The highest BCUT2D eigenvalue weighted by Gasteiger charge is 2.34. The first-order chi connectivity index (χ1) is 14.8. The summed E-state index contributed by atoms with van der Waals surface area (Å²) in [4.78, 5) is 38.3. The van der Waals surface area contributed by atoms with Crippen LogP contribution >= 0.6 is 11.3 Å². The van der Waals surface area contributed by atoms with E-state index in [0.717, 1.165) is 16.9 Å². The summed E-state index contributed by atoms with van der Waals surface area (Å²) in [6.45, 7) is 2.74. The number of aromatic nitrogens is 3. The van der Waals surface area contributed by atoms with E-state index >= 15 is 0 Å². The van der Waals surface area contributed by atoms with Crippen molar-refractivity contribution in [2.24, 2.45) is 5.73 Å². The first-order valence-electron chi connectivity index (χ1n) is 8.74. The number of ether oxygens (including phenoxy) is 1. The number of hydrogen-bond acceptors (Lipinski definition) is 8. The van der Waals surface area contributed by atoms with Crippen LogP contribution in [0, 0.1) is 17.0 Å². The molecule has 0 fully saturated rings. The number of carbonyl (C=O) groups excluding carboxylic acids is 2. The lowest BCUT2D eigenvalue weighted by Crippen LogP contribution is -2.25. The minimum Gasteiger partial charge on any atom is -0.475 e. The molecule has 0 aliphatic heterocycles. The molecule has 3 aromatic rings. The zero-order valence-electron chi connectivity index (χ0n) is 16.7. The van der Waals surface area contributed by atoms with Gasteiger partial charge in [0.05, 0.1) is 17.7 Å². The van der Waals surface area contributed by atoms with Gasteiger partial charge in [-0.3, -0.25) is 19.7 Å². The topological polar surface area (TPSA) is 155 Å². The van der Waals surface area contributed by atoms with Crippen LogP contribution in [0.3, 0.4) is 0 Å². The second kappa shape index (κ2) is 8.07. The van der Waals surface area contributed by atoms with Crippen molar-refractivity contribution in [3.63, 3.8) is 0 Å². The van der Waals surface area contributed by atoms with E-state index in [9.17, 15) is 32.9 Å². The third-order valence-corrected chi connectivity index (χ3v) is 5.57. The highest BCUT2D eigenvalue weighted by Crippen LogP contribution is 2.40. The van der Waals surface area contributed by atoms with Gasteiger partial charge < -0.3 is 15.8 Å². The molecule has 1 unspecified atom stereocenters. The highest BCUT2D eigenvalue weighted by atomic mass is 32.1. The van der Waals surface area contributed by atoms with Crippen LogP contribution in [0.1, 0.15) is 33.9 Å². The average Bonchev–Trinajstić information content (AvgIpc) is 3.28. The van der Waals surface area contributed by atoms with Gasteiger partial charge in [-0.1, -0.05) is 0 Å². The number of halogens is 3. The predicted molar refractivity (Wildman–Crippen MR) is 107 cm³/mol. The summed E-state index contributed by atoms with van der Waals surface area (Å²) in [5.74, 6) is -2.04. The maximum atomic E-state index is 13.1. The van der Waals surface area contributed by atoms with E-state index in [-0.39, 0.29) is 32.2 Å². The number of amides is 2. The minimum absolute atomic E-state index is 0.0957. The third kappa shape index (κ3) is 4.05. The van der Waals surface area contributed by atoms with Crippen LogP contribution in [-0.2, 0) is 11.0 Å². The molecule has 0 aromatic carbocycles. The van der Waals surface area contributed by atoms with Crippen LogP contribution in [0.25, 0.3) is 10.2 Å². The van der Waals surface area contributed by atoms with Crippen molar-refractivity contribution in [2.45, 2.75) is 26.1 Å². The van der Waals surface area contributed by atoms with Gasteiger partial charge in [-0.2, -0.15) is 13.2 Å². The Bertz CT molecular complexity index is 1250. The van der Waals surface area contributed by atoms with Crippen molar-refractivity contribution >= 4 is 44.7 Å². The molecule has 3 aromatic heterocycles. The zero-order valence-corrected chi connectivity index (χ0v) is 17.5. The molecule has 0 aliphatic rings. The average molecular weight is 472 g/mol. The van der Waals surface area contributed by atoms with Gasteiger partial charge in [0.1, 0.15) is 27.6 Å². The fourth-order valence-electron chi connectivity index (χ4n) is 2.90. The molecule has 170 valence electrons. The van der Waals surface area contributed by atoms with Crippen LogP contribution in [0.5, 0.6) is 5.88 Å². The largest absolute Gasteiger partial charge is 0.475 e. The van der Waals surface area contributed by atoms with Gasteiger partial charge in [-0.15, -0.1) is 16.4 Å². The Kier molecular flexibility index (Phi) is 5.78. The molecule has 1 atom stereocenters. The van der Waals surface area contributed by atoms with Gasteiger partial charge in [-0.25, -0.2) is 9.67 Å². The number of nitrogens with one attached hydrogen (secondary N) is 1. The normalized spacial score (nSPS) is 12.6. The van der Waals surface area contributed by atoms with E-state index in [4.69, 9.17) is 10.5 Å². The third-order valence-electron chi connectivity index (χ3n) is 4.47. The van der Waals surface area contributed by atoms with E-state index in [0.29, 0.717) is 11.3 Å². The summed E-state index contributed by atoms with van der Waals surface area (Å²) in [5, 5.41) is 17.5. The maximum absolute atomic E-state index is 13.1. The van der Waals surface area contributed by atoms with Crippen LogP contribution in [0.2, 0.25) is 0 Å². The van der Waals surface area contributed by atoms with Gasteiger partial charge in [-0.05, 0) is 25.5 Å². The number of methoxy groups -OCH3 is 1. The van der Waals surface area contributed by atoms with E-state index in [1.165, 1.54) is 21.0 Å². The molecule has 32 heavy (non-hydrogen) atoms. The number of nitrogens with two attached hydrogens (primary N) is 1. The van der Waals surface area contributed by atoms with Gasteiger partial charge in [0.25, 0.3) is 5.91 Å². The quantitative estimate of drug-likeness (QED) is 0.413. The molecule has 2 amide bonds. The summed E-state index contributed by atoms with van der Waals surface area (Å²) in [7, 11) is 1.17. The smallest absolute Gasteiger partial charge is 0.433 e. The Morgan fingerprint density at radius 1 is 1.41 bits per heavy atom. The molecule has 0 spiro atoms. The number of carbonyl (C=O) groups is 2. The molecule has 15 heteroatoms. The number of alkyl halides is 3. The first-order valence-corrected chi connectivity index (χ1v) is 9.56. The number of nitro groups is 1. The Morgan fingerprint density at radius 3 is 2.56 bits per heavy atom. The Balaban J connectivity index is 2.04. The van der Waals surface area contributed by atoms with Gasteiger partial charge >= 0.3 is 17.7 Å². The predicted octanol–water partition coefficient (Wildman–Crippen LogP) is 3.04. The molecule has 0 radical (unpaired) electrons. The molecule has 3 N–H and O–H groups in total. The SMILES string of the molecule is COc1nn(C(C)C(=O)Nc2c(C(N)=O)sc3nc(C(F)(F)F)cc(C)c23)cc1[N+](=O)[O-]. The molecule has 0 saturated heterocycles.